The molecule has 7 heteroatoms. The number of urea groups is 1. The minimum Gasteiger partial charge on any atom is -0.480 e. The molecule has 2 rings (SSSR count). The van der Waals surface area contributed by atoms with E-state index in [1.165, 1.54) is 6.42 Å². The van der Waals surface area contributed by atoms with Crippen molar-refractivity contribution in [3.05, 3.63) is 0 Å². The summed E-state index contributed by atoms with van der Waals surface area (Å²) in [5.41, 5.74) is 5.12. The van der Waals surface area contributed by atoms with Gasteiger partial charge < -0.3 is 20.6 Å². The van der Waals surface area contributed by atoms with Crippen LogP contribution in [0.3, 0.4) is 0 Å². The maximum Gasteiger partial charge on any atom is 0.323 e. The Morgan fingerprint density at radius 1 is 1.10 bits per heavy atom. The number of primary amides is 1. The number of piperidine rings is 1. The van der Waals surface area contributed by atoms with E-state index in [2.05, 4.69) is 0 Å². The molecular formula is C14H23N3O4. The predicted molar refractivity (Wildman–Crippen MR) is 75.5 cm³/mol. The number of carboxylic acid groups (broad SMARTS) is 1. The highest BCUT2D eigenvalue weighted by molar-refractivity contribution is 5.86. The summed E-state index contributed by atoms with van der Waals surface area (Å²) >= 11 is 0. The molecule has 2 aliphatic rings. The van der Waals surface area contributed by atoms with Gasteiger partial charge in [0.1, 0.15) is 13.1 Å². The van der Waals surface area contributed by atoms with Gasteiger partial charge in [-0.1, -0.05) is 12.8 Å². The van der Waals surface area contributed by atoms with Crippen LogP contribution in [0.15, 0.2) is 0 Å². The van der Waals surface area contributed by atoms with E-state index in [9.17, 15) is 14.4 Å². The summed E-state index contributed by atoms with van der Waals surface area (Å²) in [5.74, 6) is -1.32. The van der Waals surface area contributed by atoms with Gasteiger partial charge in [0.25, 0.3) is 0 Å². The lowest BCUT2D eigenvalue weighted by Crippen LogP contribution is -2.56. The number of nitrogens with zero attached hydrogens (tertiary/aromatic N) is 2. The fourth-order valence-corrected chi connectivity index (χ4v) is 3.59. The molecule has 0 aromatic rings. The Morgan fingerprint density at radius 3 is 2.43 bits per heavy atom. The van der Waals surface area contributed by atoms with Gasteiger partial charge in [0, 0.05) is 12.6 Å². The van der Waals surface area contributed by atoms with Gasteiger partial charge in [-0.15, -0.1) is 0 Å². The first-order valence-corrected chi connectivity index (χ1v) is 7.54. The van der Waals surface area contributed by atoms with Crippen LogP contribution >= 0.6 is 0 Å². The molecule has 3 N–H and O–H groups in total. The van der Waals surface area contributed by atoms with Gasteiger partial charge in [-0.2, -0.15) is 0 Å². The molecule has 3 amide bonds. The number of carboxylic acids is 1. The smallest absolute Gasteiger partial charge is 0.323 e. The van der Waals surface area contributed by atoms with Crippen LogP contribution in [0, 0.1) is 5.92 Å². The third kappa shape index (κ3) is 3.86. The van der Waals surface area contributed by atoms with E-state index >= 15 is 0 Å². The van der Waals surface area contributed by atoms with Crippen LogP contribution in [-0.4, -0.2) is 58.5 Å². The quantitative estimate of drug-likeness (QED) is 0.794. The van der Waals surface area contributed by atoms with E-state index < -0.39 is 18.4 Å². The number of aliphatic carboxylic acids is 1. The van der Waals surface area contributed by atoms with Gasteiger partial charge in [0.2, 0.25) is 5.91 Å². The van der Waals surface area contributed by atoms with Crippen LogP contribution < -0.4 is 5.73 Å². The van der Waals surface area contributed by atoms with Gasteiger partial charge in [-0.3, -0.25) is 9.59 Å². The van der Waals surface area contributed by atoms with Crippen molar-refractivity contribution in [2.45, 2.75) is 44.6 Å². The number of hydrogen-bond donors (Lipinski definition) is 2. The average Bonchev–Trinajstić information content (AvgIpc) is 2.44. The predicted octanol–water partition coefficient (Wildman–Crippen LogP) is 0.633. The Hall–Kier alpha value is -1.79. The van der Waals surface area contributed by atoms with Gasteiger partial charge in [-0.05, 0) is 31.6 Å². The van der Waals surface area contributed by atoms with Crippen LogP contribution in [0.2, 0.25) is 0 Å². The molecule has 118 valence electrons. The lowest BCUT2D eigenvalue weighted by Gasteiger charge is -2.45. The molecule has 2 unspecified atom stereocenters. The second-order valence-corrected chi connectivity index (χ2v) is 5.95. The molecule has 1 aliphatic carbocycles. The van der Waals surface area contributed by atoms with Crippen molar-refractivity contribution in [3.8, 4) is 0 Å². The summed E-state index contributed by atoms with van der Waals surface area (Å²) < 4.78 is 0. The SMILES string of the molecule is NC(=O)CN(CC(=O)O)C(=O)N1CCCC2CCCCC21. The van der Waals surface area contributed by atoms with Crippen LogP contribution in [0.5, 0.6) is 0 Å². The van der Waals surface area contributed by atoms with E-state index in [-0.39, 0.29) is 18.6 Å². The molecule has 1 aliphatic heterocycles. The van der Waals surface area contributed by atoms with Crippen LogP contribution in [0.4, 0.5) is 4.79 Å². The Labute approximate surface area is 124 Å². The molecule has 21 heavy (non-hydrogen) atoms. The normalized spacial score (nSPS) is 25.0. The largest absolute Gasteiger partial charge is 0.480 e. The van der Waals surface area contributed by atoms with Crippen molar-refractivity contribution in [2.24, 2.45) is 11.7 Å². The highest BCUT2D eigenvalue weighted by Gasteiger charge is 2.37. The summed E-state index contributed by atoms with van der Waals surface area (Å²) in [7, 11) is 0. The third-order valence-corrected chi connectivity index (χ3v) is 4.43. The van der Waals surface area contributed by atoms with Crippen LogP contribution in [-0.2, 0) is 9.59 Å². The minimum absolute atomic E-state index is 0.184. The number of hydrogen-bond acceptors (Lipinski definition) is 3. The Morgan fingerprint density at radius 2 is 1.76 bits per heavy atom. The van der Waals surface area contributed by atoms with E-state index in [4.69, 9.17) is 10.8 Å². The highest BCUT2D eigenvalue weighted by Crippen LogP contribution is 2.35. The topological polar surface area (TPSA) is 104 Å². The summed E-state index contributed by atoms with van der Waals surface area (Å²) in [4.78, 5) is 37.4. The highest BCUT2D eigenvalue weighted by atomic mass is 16.4. The second-order valence-electron chi connectivity index (χ2n) is 5.95. The molecule has 0 bridgehead atoms. The van der Waals surface area contributed by atoms with E-state index in [0.29, 0.717) is 12.5 Å². The number of nitrogens with two attached hydrogens (primary N) is 1. The van der Waals surface area contributed by atoms with Crippen LogP contribution in [0.1, 0.15) is 38.5 Å². The molecule has 0 aromatic heterocycles. The Kier molecular flexibility index (Phi) is 5.03. The van der Waals surface area contributed by atoms with E-state index in [1.807, 2.05) is 0 Å². The molecule has 2 atom stereocenters. The van der Waals surface area contributed by atoms with E-state index in [0.717, 1.165) is 37.0 Å². The van der Waals surface area contributed by atoms with Gasteiger partial charge in [0.05, 0.1) is 0 Å². The summed E-state index contributed by atoms with van der Waals surface area (Å²) in [5, 5.41) is 8.91. The molecule has 0 spiro atoms. The summed E-state index contributed by atoms with van der Waals surface area (Å²) in [6.07, 6.45) is 6.45. The Balaban J connectivity index is 2.10. The van der Waals surface area contributed by atoms with Crippen LogP contribution in [0.25, 0.3) is 0 Å². The summed E-state index contributed by atoms with van der Waals surface area (Å²) in [6.45, 7) is -0.205. The minimum atomic E-state index is -1.14. The summed E-state index contributed by atoms with van der Waals surface area (Å²) in [6, 6.07) is -0.183. The number of amides is 3. The molecular weight excluding hydrogens is 274 g/mol. The van der Waals surface area contributed by atoms with Crippen molar-refractivity contribution < 1.29 is 19.5 Å². The maximum atomic E-state index is 12.6. The first-order chi connectivity index (χ1) is 9.99. The fourth-order valence-electron chi connectivity index (χ4n) is 3.59. The fraction of sp³-hybridized carbons (Fsp3) is 0.786. The number of fused-ring (bicyclic) bond motifs is 1. The first-order valence-electron chi connectivity index (χ1n) is 7.54. The maximum absolute atomic E-state index is 12.6. The first kappa shape index (κ1) is 15.6. The number of rotatable bonds is 4. The number of carbonyl (C=O) groups excluding carboxylic acids is 2. The molecule has 1 saturated carbocycles. The third-order valence-electron chi connectivity index (χ3n) is 4.43. The van der Waals surface area contributed by atoms with Crippen molar-refractivity contribution in [1.29, 1.82) is 0 Å². The standard InChI is InChI=1S/C14H23N3O4/c15-12(18)8-16(9-13(19)20)14(21)17-7-3-5-10-4-1-2-6-11(10)17/h10-11H,1-9H2,(H2,15,18)(H,19,20). The van der Waals surface area contributed by atoms with Crippen molar-refractivity contribution in [1.82, 2.24) is 9.80 Å². The number of likely N-dealkylation sites (tertiary alicyclic amines) is 1. The Bertz CT molecular complexity index is 408. The van der Waals surface area contributed by atoms with Crippen molar-refractivity contribution in [3.63, 3.8) is 0 Å². The average molecular weight is 297 g/mol. The van der Waals surface area contributed by atoms with E-state index in [1.54, 1.807) is 4.90 Å². The molecule has 2 fully saturated rings. The molecule has 0 aromatic carbocycles. The monoisotopic (exact) mass is 297 g/mol. The van der Waals surface area contributed by atoms with Crippen molar-refractivity contribution in [2.75, 3.05) is 19.6 Å². The lowest BCUT2D eigenvalue weighted by atomic mass is 9.78. The van der Waals surface area contributed by atoms with Gasteiger partial charge in [0.15, 0.2) is 0 Å². The molecule has 1 saturated heterocycles. The van der Waals surface area contributed by atoms with Gasteiger partial charge >= 0.3 is 12.0 Å². The van der Waals surface area contributed by atoms with Crippen molar-refractivity contribution >= 4 is 17.9 Å². The lowest BCUT2D eigenvalue weighted by molar-refractivity contribution is -0.138. The molecule has 7 nitrogen and oxygen atoms in total. The number of carbonyl (C=O) groups is 3. The molecule has 1 heterocycles. The zero-order chi connectivity index (χ0) is 15.4. The second kappa shape index (κ2) is 6.78. The zero-order valence-corrected chi connectivity index (χ0v) is 12.2. The van der Waals surface area contributed by atoms with Gasteiger partial charge in [-0.25, -0.2) is 4.79 Å². The molecule has 0 radical (unpaired) electrons. The zero-order valence-electron chi connectivity index (χ0n) is 12.2.